The summed E-state index contributed by atoms with van der Waals surface area (Å²) in [5.41, 5.74) is 6.51. The van der Waals surface area contributed by atoms with Gasteiger partial charge in [-0.1, -0.05) is 0 Å². The lowest BCUT2D eigenvalue weighted by Crippen LogP contribution is -2.01. The van der Waals surface area contributed by atoms with Crippen LogP contribution in [0.2, 0.25) is 0 Å². The molecule has 1 aromatic heterocycles. The molecule has 16 heavy (non-hydrogen) atoms. The number of rotatable bonds is 2. The van der Waals surface area contributed by atoms with Crippen LogP contribution in [0, 0.1) is 0 Å². The van der Waals surface area contributed by atoms with E-state index in [1.807, 2.05) is 6.92 Å². The molecule has 0 spiro atoms. The third-order valence-electron chi connectivity index (χ3n) is 2.19. The van der Waals surface area contributed by atoms with Gasteiger partial charge in [0.15, 0.2) is 11.5 Å². The van der Waals surface area contributed by atoms with Gasteiger partial charge in [-0.25, -0.2) is 4.98 Å². The van der Waals surface area contributed by atoms with Gasteiger partial charge in [-0.05, 0) is 25.1 Å². The summed E-state index contributed by atoms with van der Waals surface area (Å²) in [6.07, 6.45) is 1.73. The molecule has 2 aromatic rings. The topological polar surface area (TPSA) is 79.4 Å². The van der Waals surface area contributed by atoms with E-state index in [0.29, 0.717) is 0 Å². The van der Waals surface area contributed by atoms with Crippen molar-refractivity contribution >= 4 is 11.3 Å². The molecule has 0 radical (unpaired) electrons. The Morgan fingerprint density at radius 2 is 2.06 bits per heavy atom. The second kappa shape index (κ2) is 4.11. The summed E-state index contributed by atoms with van der Waals surface area (Å²) in [4.78, 5) is 5.21. The van der Waals surface area contributed by atoms with Crippen LogP contribution in [-0.2, 0) is 0 Å². The Bertz CT molecular complexity index is 508. The van der Waals surface area contributed by atoms with Crippen molar-refractivity contribution in [2.45, 2.75) is 13.0 Å². The molecule has 0 aliphatic carbocycles. The Morgan fingerprint density at radius 3 is 2.62 bits per heavy atom. The van der Waals surface area contributed by atoms with E-state index in [9.17, 15) is 10.2 Å². The first-order valence-electron chi connectivity index (χ1n) is 4.81. The minimum absolute atomic E-state index is 0.0445. The normalized spacial score (nSPS) is 12.6. The predicted octanol–water partition coefficient (Wildman–Crippen LogP) is 2.24. The Kier molecular flexibility index (Phi) is 2.80. The summed E-state index contributed by atoms with van der Waals surface area (Å²) in [5.74, 6) is -0.275. The zero-order chi connectivity index (χ0) is 11.7. The SMILES string of the molecule is CC(N)c1cnc(-c2ccc(O)c(O)c2)s1. The van der Waals surface area contributed by atoms with Gasteiger partial charge in [-0.2, -0.15) is 0 Å². The highest BCUT2D eigenvalue weighted by molar-refractivity contribution is 7.15. The molecule has 4 nitrogen and oxygen atoms in total. The summed E-state index contributed by atoms with van der Waals surface area (Å²) >= 11 is 1.48. The Morgan fingerprint density at radius 1 is 1.31 bits per heavy atom. The number of thiazole rings is 1. The van der Waals surface area contributed by atoms with E-state index < -0.39 is 0 Å². The largest absolute Gasteiger partial charge is 0.504 e. The highest BCUT2D eigenvalue weighted by atomic mass is 32.1. The smallest absolute Gasteiger partial charge is 0.158 e. The van der Waals surface area contributed by atoms with Crippen LogP contribution in [0.5, 0.6) is 11.5 Å². The number of hydrogen-bond acceptors (Lipinski definition) is 5. The van der Waals surface area contributed by atoms with Gasteiger partial charge in [0.05, 0.1) is 0 Å². The van der Waals surface area contributed by atoms with E-state index in [1.54, 1.807) is 12.3 Å². The molecule has 0 saturated carbocycles. The number of aromatic hydroxyl groups is 2. The summed E-state index contributed by atoms with van der Waals surface area (Å²) in [6.45, 7) is 1.89. The van der Waals surface area contributed by atoms with Crippen LogP contribution in [0.4, 0.5) is 0 Å². The van der Waals surface area contributed by atoms with Crippen LogP contribution in [0.1, 0.15) is 17.8 Å². The number of aromatic nitrogens is 1. The summed E-state index contributed by atoms with van der Waals surface area (Å²) < 4.78 is 0. The summed E-state index contributed by atoms with van der Waals surface area (Å²) in [7, 11) is 0. The van der Waals surface area contributed by atoms with Crippen molar-refractivity contribution in [1.29, 1.82) is 0 Å². The summed E-state index contributed by atoms with van der Waals surface area (Å²) in [5, 5.41) is 19.4. The van der Waals surface area contributed by atoms with Gasteiger partial charge < -0.3 is 15.9 Å². The predicted molar refractivity (Wildman–Crippen MR) is 63.5 cm³/mol. The van der Waals surface area contributed by atoms with Gasteiger partial charge in [-0.3, -0.25) is 0 Å². The van der Waals surface area contributed by atoms with Gasteiger partial charge in [0.2, 0.25) is 0 Å². The van der Waals surface area contributed by atoms with Crippen molar-refractivity contribution in [3.8, 4) is 22.1 Å². The van der Waals surface area contributed by atoms with Crippen molar-refractivity contribution in [2.24, 2.45) is 5.73 Å². The standard InChI is InChI=1S/C11H12N2O2S/c1-6(12)10-5-13-11(16-10)7-2-3-8(14)9(15)4-7/h2-6,14-15H,12H2,1H3. The minimum Gasteiger partial charge on any atom is -0.504 e. The average molecular weight is 236 g/mol. The first kappa shape index (κ1) is 10.9. The lowest BCUT2D eigenvalue weighted by atomic mass is 10.2. The fourth-order valence-electron chi connectivity index (χ4n) is 1.29. The summed E-state index contributed by atoms with van der Waals surface area (Å²) in [6, 6.07) is 4.59. The Labute approximate surface area is 97.0 Å². The molecule has 0 fully saturated rings. The van der Waals surface area contributed by atoms with Crippen LogP contribution in [0.15, 0.2) is 24.4 Å². The molecule has 1 aromatic carbocycles. The second-order valence-electron chi connectivity index (χ2n) is 3.56. The maximum atomic E-state index is 9.38. The lowest BCUT2D eigenvalue weighted by molar-refractivity contribution is 0.404. The van der Waals surface area contributed by atoms with Crippen molar-refractivity contribution in [2.75, 3.05) is 0 Å². The molecular weight excluding hydrogens is 224 g/mol. The zero-order valence-electron chi connectivity index (χ0n) is 8.71. The minimum atomic E-state index is -0.143. The monoisotopic (exact) mass is 236 g/mol. The molecule has 0 saturated heterocycles. The maximum absolute atomic E-state index is 9.38. The van der Waals surface area contributed by atoms with E-state index in [1.165, 1.54) is 23.5 Å². The second-order valence-corrected chi connectivity index (χ2v) is 4.62. The quantitative estimate of drug-likeness (QED) is 0.699. The number of hydrogen-bond donors (Lipinski definition) is 3. The maximum Gasteiger partial charge on any atom is 0.158 e. The third-order valence-corrected chi connectivity index (χ3v) is 3.44. The molecule has 1 unspecified atom stereocenters. The van der Waals surface area contributed by atoms with Gasteiger partial charge in [-0.15, -0.1) is 11.3 Å². The van der Waals surface area contributed by atoms with Crippen molar-refractivity contribution < 1.29 is 10.2 Å². The number of phenols is 2. The van der Waals surface area contributed by atoms with Gasteiger partial charge >= 0.3 is 0 Å². The zero-order valence-corrected chi connectivity index (χ0v) is 9.53. The molecule has 2 rings (SSSR count). The van der Waals surface area contributed by atoms with Crippen LogP contribution >= 0.6 is 11.3 Å². The number of nitrogens with two attached hydrogens (primary N) is 1. The van der Waals surface area contributed by atoms with Crippen LogP contribution in [0.25, 0.3) is 10.6 Å². The molecule has 0 aliphatic rings. The molecule has 1 atom stereocenters. The average Bonchev–Trinajstić information content (AvgIpc) is 2.71. The van der Waals surface area contributed by atoms with Gasteiger partial charge in [0, 0.05) is 22.7 Å². The van der Waals surface area contributed by atoms with Crippen molar-refractivity contribution in [3.05, 3.63) is 29.3 Å². The number of nitrogens with zero attached hydrogens (tertiary/aromatic N) is 1. The van der Waals surface area contributed by atoms with E-state index >= 15 is 0 Å². The number of benzene rings is 1. The number of phenolic OH excluding ortho intramolecular Hbond substituents is 2. The molecule has 84 valence electrons. The molecule has 1 heterocycles. The van der Waals surface area contributed by atoms with Gasteiger partial charge in [0.25, 0.3) is 0 Å². The lowest BCUT2D eigenvalue weighted by Gasteiger charge is -2.00. The highest BCUT2D eigenvalue weighted by Crippen LogP contribution is 2.33. The molecule has 5 heteroatoms. The van der Waals surface area contributed by atoms with E-state index in [4.69, 9.17) is 5.73 Å². The highest BCUT2D eigenvalue weighted by Gasteiger charge is 2.09. The fourth-order valence-corrected chi connectivity index (χ4v) is 2.15. The van der Waals surface area contributed by atoms with Crippen molar-refractivity contribution in [1.82, 2.24) is 4.98 Å². The van der Waals surface area contributed by atoms with E-state index in [0.717, 1.165) is 15.4 Å². The van der Waals surface area contributed by atoms with E-state index in [2.05, 4.69) is 4.98 Å². The van der Waals surface area contributed by atoms with Gasteiger partial charge in [0.1, 0.15) is 5.01 Å². The Hall–Kier alpha value is -1.59. The van der Waals surface area contributed by atoms with Crippen molar-refractivity contribution in [3.63, 3.8) is 0 Å². The van der Waals surface area contributed by atoms with Crippen LogP contribution in [-0.4, -0.2) is 15.2 Å². The van der Waals surface area contributed by atoms with E-state index in [-0.39, 0.29) is 17.5 Å². The molecular formula is C11H12N2O2S. The molecule has 0 aliphatic heterocycles. The fraction of sp³-hybridized carbons (Fsp3) is 0.182. The van der Waals surface area contributed by atoms with Crippen LogP contribution in [0.3, 0.4) is 0 Å². The molecule has 0 bridgehead atoms. The first-order chi connectivity index (χ1) is 7.58. The Balaban J connectivity index is 2.39. The first-order valence-corrected chi connectivity index (χ1v) is 5.63. The molecule has 0 amide bonds. The third kappa shape index (κ3) is 2.00. The molecule has 4 N–H and O–H groups in total. The van der Waals surface area contributed by atoms with Crippen LogP contribution < -0.4 is 5.73 Å².